The summed E-state index contributed by atoms with van der Waals surface area (Å²) in [7, 11) is 0. The Balaban J connectivity index is 2.13. The van der Waals surface area contributed by atoms with E-state index in [1.807, 2.05) is 12.1 Å². The van der Waals surface area contributed by atoms with Crippen LogP contribution in [0.2, 0.25) is 0 Å². The number of halogens is 1. The molecule has 3 heteroatoms. The topological polar surface area (TPSA) is 15.3 Å². The van der Waals surface area contributed by atoms with Crippen LogP contribution in [0.4, 0.5) is 4.39 Å². The summed E-state index contributed by atoms with van der Waals surface area (Å²) >= 11 is 0. The lowest BCUT2D eigenvalue weighted by Crippen LogP contribution is -2.61. The van der Waals surface area contributed by atoms with E-state index in [-0.39, 0.29) is 11.4 Å². The molecule has 1 unspecified atom stereocenters. The van der Waals surface area contributed by atoms with Crippen molar-refractivity contribution in [3.8, 4) is 0 Å². The number of hydrogen-bond donors (Lipinski definition) is 1. The predicted molar refractivity (Wildman–Crippen MR) is 82.1 cm³/mol. The van der Waals surface area contributed by atoms with E-state index in [1.54, 1.807) is 12.1 Å². The van der Waals surface area contributed by atoms with E-state index < -0.39 is 0 Å². The zero-order chi connectivity index (χ0) is 14.8. The number of nitrogens with zero attached hydrogens (tertiary/aromatic N) is 1. The molecule has 1 aromatic rings. The summed E-state index contributed by atoms with van der Waals surface area (Å²) in [4.78, 5) is 2.44. The van der Waals surface area contributed by atoms with Gasteiger partial charge < -0.3 is 5.32 Å². The Morgan fingerprint density at radius 2 is 2.05 bits per heavy atom. The first kappa shape index (κ1) is 15.5. The van der Waals surface area contributed by atoms with Crippen LogP contribution in [0.15, 0.2) is 24.3 Å². The molecule has 112 valence electrons. The highest BCUT2D eigenvalue weighted by Gasteiger charge is 2.32. The van der Waals surface area contributed by atoms with Gasteiger partial charge >= 0.3 is 0 Å². The van der Waals surface area contributed by atoms with Gasteiger partial charge in [-0.05, 0) is 32.3 Å². The second-order valence-electron chi connectivity index (χ2n) is 7.04. The minimum absolute atomic E-state index is 0.0906. The van der Waals surface area contributed by atoms with Crippen LogP contribution in [0.3, 0.4) is 0 Å². The highest BCUT2D eigenvalue weighted by Crippen LogP contribution is 2.23. The second kappa shape index (κ2) is 6.23. The predicted octanol–water partition coefficient (Wildman–Crippen LogP) is 3.42. The molecule has 20 heavy (non-hydrogen) atoms. The summed E-state index contributed by atoms with van der Waals surface area (Å²) in [6.45, 7) is 11.6. The van der Waals surface area contributed by atoms with Gasteiger partial charge in [0, 0.05) is 36.8 Å². The van der Waals surface area contributed by atoms with Crippen molar-refractivity contribution in [1.29, 1.82) is 0 Å². The van der Waals surface area contributed by atoms with Gasteiger partial charge in [-0.15, -0.1) is 0 Å². The van der Waals surface area contributed by atoms with Crippen LogP contribution in [0, 0.1) is 11.7 Å². The van der Waals surface area contributed by atoms with Crippen molar-refractivity contribution in [2.45, 2.75) is 52.2 Å². The Bertz CT molecular complexity index is 442. The summed E-state index contributed by atoms with van der Waals surface area (Å²) in [5.41, 5.74) is 0.901. The van der Waals surface area contributed by atoms with Gasteiger partial charge in [-0.1, -0.05) is 32.0 Å². The first-order valence-corrected chi connectivity index (χ1v) is 7.60. The average Bonchev–Trinajstić information content (AvgIpc) is 2.35. The van der Waals surface area contributed by atoms with E-state index in [0.29, 0.717) is 18.5 Å². The van der Waals surface area contributed by atoms with E-state index in [1.165, 1.54) is 0 Å². The molecule has 1 aromatic carbocycles. The molecular formula is C17H27FN2. The van der Waals surface area contributed by atoms with Gasteiger partial charge in [0.05, 0.1) is 0 Å². The number of hydrogen-bond acceptors (Lipinski definition) is 2. The van der Waals surface area contributed by atoms with Gasteiger partial charge in [0.2, 0.25) is 0 Å². The van der Waals surface area contributed by atoms with Crippen LogP contribution in [-0.4, -0.2) is 29.6 Å². The van der Waals surface area contributed by atoms with Gasteiger partial charge in [-0.25, -0.2) is 4.39 Å². The van der Waals surface area contributed by atoms with Crippen LogP contribution < -0.4 is 5.32 Å². The molecule has 0 aliphatic carbocycles. The van der Waals surface area contributed by atoms with Gasteiger partial charge in [0.25, 0.3) is 0 Å². The van der Waals surface area contributed by atoms with Gasteiger partial charge in [-0.2, -0.15) is 0 Å². The SMILES string of the molecule is CC(C)CC1CNC(C)(C)CN1Cc1ccccc1F. The van der Waals surface area contributed by atoms with Crippen molar-refractivity contribution in [3.63, 3.8) is 0 Å². The maximum absolute atomic E-state index is 13.9. The lowest BCUT2D eigenvalue weighted by atomic mass is 9.93. The van der Waals surface area contributed by atoms with Crippen LogP contribution in [0.5, 0.6) is 0 Å². The maximum Gasteiger partial charge on any atom is 0.127 e. The maximum atomic E-state index is 13.9. The Morgan fingerprint density at radius 1 is 1.35 bits per heavy atom. The van der Waals surface area contributed by atoms with E-state index in [9.17, 15) is 4.39 Å². The standard InChI is InChI=1S/C17H27FN2/c1-13(2)9-15-10-19-17(3,4)12-20(15)11-14-7-5-6-8-16(14)18/h5-8,13,15,19H,9-12H2,1-4H3. The zero-order valence-electron chi connectivity index (χ0n) is 13.1. The van der Waals surface area contributed by atoms with Gasteiger partial charge in [0.15, 0.2) is 0 Å². The summed E-state index contributed by atoms with van der Waals surface area (Å²) in [6.07, 6.45) is 1.15. The average molecular weight is 278 g/mol. The molecule has 1 N–H and O–H groups in total. The summed E-state index contributed by atoms with van der Waals surface area (Å²) < 4.78 is 13.9. The van der Waals surface area contributed by atoms with Gasteiger partial charge in [0.1, 0.15) is 5.82 Å². The minimum atomic E-state index is -0.0906. The lowest BCUT2D eigenvalue weighted by Gasteiger charge is -2.45. The number of benzene rings is 1. The Kier molecular flexibility index (Phi) is 4.82. The molecule has 0 radical (unpaired) electrons. The largest absolute Gasteiger partial charge is 0.309 e. The molecular weight excluding hydrogens is 251 g/mol. The molecule has 1 aliphatic rings. The molecule has 0 aromatic heterocycles. The fourth-order valence-electron chi connectivity index (χ4n) is 3.02. The van der Waals surface area contributed by atoms with Crippen molar-refractivity contribution in [2.24, 2.45) is 5.92 Å². The Labute approximate surface area is 122 Å². The normalized spacial score (nSPS) is 23.2. The molecule has 1 saturated heterocycles. The van der Waals surface area contributed by atoms with Gasteiger partial charge in [-0.3, -0.25) is 4.90 Å². The minimum Gasteiger partial charge on any atom is -0.309 e. The van der Waals surface area contributed by atoms with Crippen molar-refractivity contribution in [2.75, 3.05) is 13.1 Å². The third kappa shape index (κ3) is 4.03. The van der Waals surface area contributed by atoms with Crippen LogP contribution >= 0.6 is 0 Å². The van der Waals surface area contributed by atoms with E-state index in [4.69, 9.17) is 0 Å². The van der Waals surface area contributed by atoms with E-state index in [0.717, 1.165) is 25.1 Å². The Hall–Kier alpha value is -0.930. The van der Waals surface area contributed by atoms with Crippen molar-refractivity contribution in [3.05, 3.63) is 35.6 Å². The van der Waals surface area contributed by atoms with Crippen molar-refractivity contribution < 1.29 is 4.39 Å². The summed E-state index contributed by atoms with van der Waals surface area (Å²) in [5.74, 6) is 0.568. The fourth-order valence-corrected chi connectivity index (χ4v) is 3.02. The molecule has 1 fully saturated rings. The lowest BCUT2D eigenvalue weighted by molar-refractivity contribution is 0.0750. The molecule has 1 aliphatic heterocycles. The first-order chi connectivity index (χ1) is 9.37. The van der Waals surface area contributed by atoms with E-state index >= 15 is 0 Å². The van der Waals surface area contributed by atoms with Crippen LogP contribution in [-0.2, 0) is 6.54 Å². The number of nitrogens with one attached hydrogen (secondary N) is 1. The smallest absolute Gasteiger partial charge is 0.127 e. The molecule has 0 spiro atoms. The Morgan fingerprint density at radius 3 is 2.70 bits per heavy atom. The summed E-state index contributed by atoms with van der Waals surface area (Å²) in [6, 6.07) is 7.62. The summed E-state index contributed by atoms with van der Waals surface area (Å²) in [5, 5.41) is 3.61. The molecule has 0 saturated carbocycles. The first-order valence-electron chi connectivity index (χ1n) is 7.60. The third-order valence-corrected chi connectivity index (χ3v) is 4.01. The van der Waals surface area contributed by atoms with Crippen LogP contribution in [0.25, 0.3) is 0 Å². The molecule has 0 amide bonds. The number of piperazine rings is 1. The van der Waals surface area contributed by atoms with Crippen LogP contribution in [0.1, 0.15) is 39.7 Å². The highest BCUT2D eigenvalue weighted by atomic mass is 19.1. The molecule has 2 nitrogen and oxygen atoms in total. The highest BCUT2D eigenvalue weighted by molar-refractivity contribution is 5.17. The van der Waals surface area contributed by atoms with E-state index in [2.05, 4.69) is 37.9 Å². The van der Waals surface area contributed by atoms with Crippen molar-refractivity contribution in [1.82, 2.24) is 10.2 Å². The van der Waals surface area contributed by atoms with Crippen molar-refractivity contribution >= 4 is 0 Å². The quantitative estimate of drug-likeness (QED) is 0.908. The third-order valence-electron chi connectivity index (χ3n) is 4.01. The molecule has 1 heterocycles. The molecule has 2 rings (SSSR count). The zero-order valence-corrected chi connectivity index (χ0v) is 13.1. The number of rotatable bonds is 4. The monoisotopic (exact) mass is 278 g/mol. The second-order valence-corrected chi connectivity index (χ2v) is 7.04. The molecule has 1 atom stereocenters. The molecule has 0 bridgehead atoms. The fraction of sp³-hybridized carbons (Fsp3) is 0.647.